The normalized spacial score (nSPS) is 13.2. The summed E-state index contributed by atoms with van der Waals surface area (Å²) in [5.41, 5.74) is -0.0922. The van der Waals surface area contributed by atoms with E-state index in [2.05, 4.69) is 35.5 Å². The van der Waals surface area contributed by atoms with Crippen molar-refractivity contribution in [2.75, 3.05) is 7.11 Å². The fourth-order valence-electron chi connectivity index (χ4n) is 1.16. The van der Waals surface area contributed by atoms with Gasteiger partial charge in [-0.1, -0.05) is 32.5 Å². The molecule has 0 aliphatic rings. The average Bonchev–Trinajstić information content (AvgIpc) is 2.27. The summed E-state index contributed by atoms with van der Waals surface area (Å²) in [6.45, 7) is 7.97. The van der Waals surface area contributed by atoms with E-state index in [9.17, 15) is 4.79 Å². The van der Waals surface area contributed by atoms with Crippen molar-refractivity contribution in [3.63, 3.8) is 0 Å². The zero-order valence-corrected chi connectivity index (χ0v) is 11.7. The van der Waals surface area contributed by atoms with Crippen LogP contribution in [0, 0.1) is 0 Å². The van der Waals surface area contributed by atoms with E-state index >= 15 is 0 Å². The molecule has 0 saturated carbocycles. The van der Waals surface area contributed by atoms with Crippen molar-refractivity contribution >= 4 is 17.7 Å². The van der Waals surface area contributed by atoms with E-state index in [1.54, 1.807) is 19.2 Å². The molecular weight excluding hydrogens is 236 g/mol. The Morgan fingerprint density at radius 2 is 2.12 bits per heavy atom. The topological polar surface area (TPSA) is 52.1 Å². The van der Waals surface area contributed by atoms with E-state index in [1.807, 2.05) is 0 Å². The molecule has 0 spiro atoms. The van der Waals surface area contributed by atoms with E-state index in [0.29, 0.717) is 0 Å². The second kappa shape index (κ2) is 5.49. The summed E-state index contributed by atoms with van der Waals surface area (Å²) in [4.78, 5) is 20.0. The van der Waals surface area contributed by atoms with Gasteiger partial charge in [-0.2, -0.15) is 0 Å². The number of esters is 1. The molecule has 94 valence electrons. The van der Waals surface area contributed by atoms with Crippen molar-refractivity contribution in [3.05, 3.63) is 18.1 Å². The van der Waals surface area contributed by atoms with Crippen molar-refractivity contribution in [2.45, 2.75) is 43.4 Å². The number of aromatic nitrogens is 2. The van der Waals surface area contributed by atoms with Gasteiger partial charge in [-0.05, 0) is 13.0 Å². The molecule has 4 nitrogen and oxygen atoms in total. The molecule has 0 N–H and O–H groups in total. The first-order valence-corrected chi connectivity index (χ1v) is 6.30. The molecule has 0 aliphatic heterocycles. The van der Waals surface area contributed by atoms with Crippen LogP contribution in [0.4, 0.5) is 0 Å². The Kier molecular flexibility index (Phi) is 4.51. The Bertz CT molecular complexity index is 402. The fraction of sp³-hybridized carbons (Fsp3) is 0.583. The summed E-state index contributed by atoms with van der Waals surface area (Å²) >= 11 is 1.38. The zero-order chi connectivity index (χ0) is 13.1. The van der Waals surface area contributed by atoms with Crippen LogP contribution in [0.15, 0.2) is 17.3 Å². The van der Waals surface area contributed by atoms with Crippen LogP contribution in [-0.4, -0.2) is 28.3 Å². The minimum atomic E-state index is -0.261. The molecule has 1 aromatic heterocycles. The molecule has 0 fully saturated rings. The largest absolute Gasteiger partial charge is 0.468 e. The Labute approximate surface area is 106 Å². The molecule has 1 aromatic rings. The van der Waals surface area contributed by atoms with Crippen LogP contribution in [0.2, 0.25) is 0 Å². The first-order chi connectivity index (χ1) is 7.84. The van der Waals surface area contributed by atoms with E-state index in [-0.39, 0.29) is 16.6 Å². The van der Waals surface area contributed by atoms with Crippen molar-refractivity contribution < 1.29 is 9.53 Å². The summed E-state index contributed by atoms with van der Waals surface area (Å²) in [6.07, 6.45) is 1.72. The highest BCUT2D eigenvalue weighted by Gasteiger charge is 2.19. The van der Waals surface area contributed by atoms with Gasteiger partial charge in [0.25, 0.3) is 0 Å². The van der Waals surface area contributed by atoms with Crippen LogP contribution in [-0.2, 0) is 14.9 Å². The van der Waals surface area contributed by atoms with Crippen molar-refractivity contribution in [1.82, 2.24) is 9.97 Å². The van der Waals surface area contributed by atoms with Gasteiger partial charge >= 0.3 is 5.97 Å². The number of thioether (sulfide) groups is 1. The Hall–Kier alpha value is -1.10. The number of hydrogen-bond donors (Lipinski definition) is 0. The molecule has 1 unspecified atom stereocenters. The van der Waals surface area contributed by atoms with Gasteiger partial charge in [0.2, 0.25) is 0 Å². The maximum absolute atomic E-state index is 11.3. The third kappa shape index (κ3) is 4.00. The minimum Gasteiger partial charge on any atom is -0.468 e. The highest BCUT2D eigenvalue weighted by molar-refractivity contribution is 8.00. The van der Waals surface area contributed by atoms with Gasteiger partial charge < -0.3 is 4.74 Å². The molecule has 0 radical (unpaired) electrons. The molecular formula is C12H18N2O2S. The third-order valence-corrected chi connectivity index (χ3v) is 3.15. The smallest absolute Gasteiger partial charge is 0.318 e. The van der Waals surface area contributed by atoms with Crippen LogP contribution < -0.4 is 0 Å². The Morgan fingerprint density at radius 1 is 1.47 bits per heavy atom. The van der Waals surface area contributed by atoms with Gasteiger partial charge in [0.15, 0.2) is 0 Å². The molecule has 0 amide bonds. The standard InChI is InChI=1S/C12H18N2O2S/c1-8(10(15)16-5)17-9-6-7-13-11(14-9)12(2,3)4/h6-8H,1-5H3. The number of methoxy groups -OCH3 is 1. The van der Waals surface area contributed by atoms with Crippen LogP contribution in [0.25, 0.3) is 0 Å². The summed E-state index contributed by atoms with van der Waals surface area (Å²) in [5.74, 6) is 0.533. The summed E-state index contributed by atoms with van der Waals surface area (Å²) in [6, 6.07) is 1.80. The maximum atomic E-state index is 11.3. The summed E-state index contributed by atoms with van der Waals surface area (Å²) in [7, 11) is 1.39. The zero-order valence-electron chi connectivity index (χ0n) is 10.9. The van der Waals surface area contributed by atoms with Crippen LogP contribution >= 0.6 is 11.8 Å². The number of hydrogen-bond acceptors (Lipinski definition) is 5. The summed E-state index contributed by atoms with van der Waals surface area (Å²) < 4.78 is 4.68. The number of ether oxygens (including phenoxy) is 1. The molecule has 0 aliphatic carbocycles. The van der Waals surface area contributed by atoms with Gasteiger partial charge in [-0.15, -0.1) is 0 Å². The summed E-state index contributed by atoms with van der Waals surface area (Å²) in [5, 5.41) is 0.533. The predicted molar refractivity (Wildman–Crippen MR) is 68.1 cm³/mol. The number of rotatable bonds is 3. The van der Waals surface area contributed by atoms with E-state index in [1.165, 1.54) is 18.9 Å². The quantitative estimate of drug-likeness (QED) is 0.471. The van der Waals surface area contributed by atoms with Crippen LogP contribution in [0.1, 0.15) is 33.5 Å². The predicted octanol–water partition coefficient (Wildman–Crippen LogP) is 2.43. The van der Waals surface area contributed by atoms with E-state index in [4.69, 9.17) is 0 Å². The molecule has 0 saturated heterocycles. The third-order valence-electron chi connectivity index (χ3n) is 2.13. The lowest BCUT2D eigenvalue weighted by molar-refractivity contribution is -0.139. The number of carbonyl (C=O) groups excluding carboxylic acids is 1. The molecule has 1 rings (SSSR count). The van der Waals surface area contributed by atoms with E-state index < -0.39 is 0 Å². The second-order valence-corrected chi connectivity index (χ2v) is 6.11. The second-order valence-electron chi connectivity index (χ2n) is 4.75. The first-order valence-electron chi connectivity index (χ1n) is 5.42. The Balaban J connectivity index is 2.83. The average molecular weight is 254 g/mol. The number of carbonyl (C=O) groups is 1. The van der Waals surface area contributed by atoms with Gasteiger partial charge in [-0.3, -0.25) is 4.79 Å². The lowest BCUT2D eigenvalue weighted by Crippen LogP contribution is -2.17. The molecule has 0 aromatic carbocycles. The van der Waals surface area contributed by atoms with Gasteiger partial charge in [0.05, 0.1) is 7.11 Å². The molecule has 1 atom stereocenters. The molecule has 0 bridgehead atoms. The molecule has 5 heteroatoms. The highest BCUT2D eigenvalue weighted by atomic mass is 32.2. The maximum Gasteiger partial charge on any atom is 0.318 e. The highest BCUT2D eigenvalue weighted by Crippen LogP contribution is 2.24. The monoisotopic (exact) mass is 254 g/mol. The van der Waals surface area contributed by atoms with Gasteiger partial charge in [-0.25, -0.2) is 9.97 Å². The SMILES string of the molecule is COC(=O)C(C)Sc1ccnc(C(C)(C)C)n1. The lowest BCUT2D eigenvalue weighted by Gasteiger charge is -2.17. The van der Waals surface area contributed by atoms with Crippen molar-refractivity contribution in [1.29, 1.82) is 0 Å². The van der Waals surface area contributed by atoms with Gasteiger partial charge in [0.1, 0.15) is 16.1 Å². The Morgan fingerprint density at radius 3 is 2.65 bits per heavy atom. The minimum absolute atomic E-state index is 0.0922. The van der Waals surface area contributed by atoms with Crippen molar-refractivity contribution in [3.8, 4) is 0 Å². The first kappa shape index (κ1) is 14.0. The number of nitrogens with zero attached hydrogens (tertiary/aromatic N) is 2. The van der Waals surface area contributed by atoms with Crippen LogP contribution in [0.5, 0.6) is 0 Å². The van der Waals surface area contributed by atoms with Crippen LogP contribution in [0.3, 0.4) is 0 Å². The lowest BCUT2D eigenvalue weighted by atomic mass is 9.96. The fourth-order valence-corrected chi connectivity index (χ4v) is 2.00. The van der Waals surface area contributed by atoms with Gasteiger partial charge in [0, 0.05) is 11.6 Å². The molecule has 1 heterocycles. The molecule has 17 heavy (non-hydrogen) atoms. The van der Waals surface area contributed by atoms with Crippen molar-refractivity contribution in [2.24, 2.45) is 0 Å². The van der Waals surface area contributed by atoms with E-state index in [0.717, 1.165) is 10.9 Å².